The van der Waals surface area contributed by atoms with Crippen molar-refractivity contribution >= 4 is 11.6 Å². The molecule has 0 amide bonds. The number of aliphatic hydroxyl groups is 2. The van der Waals surface area contributed by atoms with E-state index in [0.29, 0.717) is 0 Å². The van der Waals surface area contributed by atoms with Crippen molar-refractivity contribution in [2.24, 2.45) is 0 Å². The van der Waals surface area contributed by atoms with Crippen LogP contribution in [0.4, 0.5) is 0 Å². The number of rotatable bonds is 6. The van der Waals surface area contributed by atoms with Crippen molar-refractivity contribution in [1.82, 2.24) is 0 Å². The van der Waals surface area contributed by atoms with E-state index in [9.17, 15) is 14.7 Å². The van der Waals surface area contributed by atoms with Gasteiger partial charge in [-0.25, -0.2) is 0 Å². The number of aliphatic hydroxyl groups excluding tert-OH is 2. The van der Waals surface area contributed by atoms with Crippen LogP contribution in [-0.2, 0) is 9.59 Å². The van der Waals surface area contributed by atoms with E-state index in [0.717, 1.165) is 6.42 Å². The fourth-order valence-electron chi connectivity index (χ4n) is 0.799. The van der Waals surface area contributed by atoms with Crippen molar-refractivity contribution in [3.05, 3.63) is 6.42 Å². The summed E-state index contributed by atoms with van der Waals surface area (Å²) in [6.07, 6.45) is -1.48. The Morgan fingerprint density at radius 1 is 1.23 bits per heavy atom. The van der Waals surface area contributed by atoms with Crippen LogP contribution in [-0.4, -0.2) is 34.0 Å². The highest BCUT2D eigenvalue weighted by Gasteiger charge is 2.24. The molecule has 0 rings (SSSR count). The van der Waals surface area contributed by atoms with Gasteiger partial charge in [0, 0.05) is 12.8 Å². The molecule has 0 aromatic heterocycles. The van der Waals surface area contributed by atoms with E-state index in [1.807, 2.05) is 0 Å². The summed E-state index contributed by atoms with van der Waals surface area (Å²) in [6, 6.07) is 0. The quantitative estimate of drug-likeness (QED) is 0.607. The topological polar surface area (TPSA) is 74.6 Å². The van der Waals surface area contributed by atoms with E-state index in [1.165, 1.54) is 0 Å². The smallest absolute Gasteiger partial charge is 0.163 e. The first-order chi connectivity index (χ1) is 6.02. The molecule has 0 spiro atoms. The molecule has 0 aliphatic rings. The molecule has 0 aliphatic carbocycles. The molecule has 2 atom stereocenters. The van der Waals surface area contributed by atoms with Crippen molar-refractivity contribution in [3.63, 3.8) is 0 Å². The van der Waals surface area contributed by atoms with Gasteiger partial charge in [-0.1, -0.05) is 13.8 Å². The summed E-state index contributed by atoms with van der Waals surface area (Å²) in [5, 5.41) is 18.3. The van der Waals surface area contributed by atoms with Gasteiger partial charge in [-0.3, -0.25) is 9.59 Å². The fourth-order valence-corrected chi connectivity index (χ4v) is 0.799. The molecule has 2 unspecified atom stereocenters. The molecule has 2 N–H and O–H groups in total. The molecule has 0 aromatic rings. The summed E-state index contributed by atoms with van der Waals surface area (Å²) in [5.74, 6) is -0.747. The Kier molecular flexibility index (Phi) is 5.50. The van der Waals surface area contributed by atoms with E-state index in [4.69, 9.17) is 5.11 Å². The molecule has 0 heterocycles. The number of ketones is 2. The van der Waals surface area contributed by atoms with Crippen molar-refractivity contribution in [2.75, 3.05) is 0 Å². The molecule has 0 saturated heterocycles. The third-order valence-electron chi connectivity index (χ3n) is 1.71. The number of hydrogen-bond acceptors (Lipinski definition) is 4. The highest BCUT2D eigenvalue weighted by Crippen LogP contribution is 2.03. The van der Waals surface area contributed by atoms with Crippen LogP contribution >= 0.6 is 0 Å². The number of carbonyl (C=O) groups is 2. The van der Waals surface area contributed by atoms with Crippen molar-refractivity contribution in [3.8, 4) is 0 Å². The molecule has 0 fully saturated rings. The summed E-state index contributed by atoms with van der Waals surface area (Å²) in [6.45, 7) is 3.22. The van der Waals surface area contributed by atoms with Gasteiger partial charge in [0.15, 0.2) is 5.78 Å². The first-order valence-corrected chi connectivity index (χ1v) is 4.29. The Morgan fingerprint density at radius 2 is 1.77 bits per heavy atom. The van der Waals surface area contributed by atoms with E-state index >= 15 is 0 Å². The molecular formula is C9H15O4. The van der Waals surface area contributed by atoms with Crippen LogP contribution in [0.25, 0.3) is 0 Å². The Labute approximate surface area is 77.6 Å². The molecule has 0 aliphatic heterocycles. The summed E-state index contributed by atoms with van der Waals surface area (Å²) >= 11 is 0. The fraction of sp³-hybridized carbons (Fsp3) is 0.667. The van der Waals surface area contributed by atoms with Gasteiger partial charge in [-0.05, 0) is 0 Å². The Morgan fingerprint density at radius 3 is 2.15 bits per heavy atom. The predicted molar refractivity (Wildman–Crippen MR) is 46.9 cm³/mol. The van der Waals surface area contributed by atoms with Crippen molar-refractivity contribution < 1.29 is 19.8 Å². The number of Topliss-reactive ketones (excluding diaryl/α,β-unsaturated/α-hetero) is 2. The minimum absolute atomic E-state index is 0.145. The first kappa shape index (κ1) is 12.3. The standard InChI is InChI=1S/C9H15O4/c1-3-6(10)5-8(12)9(13)7(11)4-2/h5,8-9,12-13H,3-4H2,1-2H3. The summed E-state index contributed by atoms with van der Waals surface area (Å²) in [4.78, 5) is 21.7. The minimum atomic E-state index is -1.47. The molecular weight excluding hydrogens is 172 g/mol. The number of carbonyl (C=O) groups excluding carboxylic acids is 2. The molecule has 4 nitrogen and oxygen atoms in total. The lowest BCUT2D eigenvalue weighted by Gasteiger charge is -2.14. The Hall–Kier alpha value is -0.740. The minimum Gasteiger partial charge on any atom is -0.389 e. The van der Waals surface area contributed by atoms with Gasteiger partial charge in [0.25, 0.3) is 0 Å². The van der Waals surface area contributed by atoms with Crippen LogP contribution in [0.2, 0.25) is 0 Å². The number of hydrogen-bond donors (Lipinski definition) is 2. The second-order valence-electron chi connectivity index (χ2n) is 2.74. The van der Waals surface area contributed by atoms with E-state index in [1.54, 1.807) is 13.8 Å². The lowest BCUT2D eigenvalue weighted by molar-refractivity contribution is -0.132. The Balaban J connectivity index is 4.02. The predicted octanol–water partition coefficient (Wildman–Crippen LogP) is -0.129. The van der Waals surface area contributed by atoms with Gasteiger partial charge < -0.3 is 10.2 Å². The van der Waals surface area contributed by atoms with Crippen LogP contribution in [0.3, 0.4) is 0 Å². The van der Waals surface area contributed by atoms with Gasteiger partial charge in [0.2, 0.25) is 0 Å². The highest BCUT2D eigenvalue weighted by molar-refractivity contribution is 5.90. The molecule has 0 aromatic carbocycles. The lowest BCUT2D eigenvalue weighted by atomic mass is 10.0. The van der Waals surface area contributed by atoms with Crippen LogP contribution in [0.5, 0.6) is 0 Å². The summed E-state index contributed by atoms with van der Waals surface area (Å²) in [7, 11) is 0. The molecule has 75 valence electrons. The van der Waals surface area contributed by atoms with Crippen LogP contribution < -0.4 is 0 Å². The monoisotopic (exact) mass is 187 g/mol. The third-order valence-corrected chi connectivity index (χ3v) is 1.71. The van der Waals surface area contributed by atoms with Gasteiger partial charge >= 0.3 is 0 Å². The average Bonchev–Trinajstić information content (AvgIpc) is 2.14. The third kappa shape index (κ3) is 4.15. The average molecular weight is 187 g/mol. The van der Waals surface area contributed by atoms with Gasteiger partial charge in [0.05, 0.1) is 12.5 Å². The van der Waals surface area contributed by atoms with Gasteiger partial charge in [-0.2, -0.15) is 0 Å². The molecule has 13 heavy (non-hydrogen) atoms. The van der Waals surface area contributed by atoms with Crippen LogP contribution in [0.1, 0.15) is 26.7 Å². The van der Waals surface area contributed by atoms with E-state index in [2.05, 4.69) is 0 Å². The second kappa shape index (κ2) is 5.83. The van der Waals surface area contributed by atoms with Crippen molar-refractivity contribution in [1.29, 1.82) is 0 Å². The van der Waals surface area contributed by atoms with Crippen LogP contribution in [0.15, 0.2) is 0 Å². The second-order valence-corrected chi connectivity index (χ2v) is 2.74. The summed E-state index contributed by atoms with van der Waals surface area (Å²) < 4.78 is 0. The maximum absolute atomic E-state index is 10.9. The van der Waals surface area contributed by atoms with E-state index in [-0.39, 0.29) is 18.6 Å². The zero-order valence-electron chi connectivity index (χ0n) is 7.86. The SMILES string of the molecule is CCC(=O)[CH]C(O)C(O)C(=O)CC. The van der Waals surface area contributed by atoms with Gasteiger partial charge in [0.1, 0.15) is 11.9 Å². The molecule has 0 saturated carbocycles. The zero-order valence-corrected chi connectivity index (χ0v) is 7.86. The van der Waals surface area contributed by atoms with E-state index < -0.39 is 18.0 Å². The lowest BCUT2D eigenvalue weighted by Crippen LogP contribution is -2.35. The van der Waals surface area contributed by atoms with Crippen LogP contribution in [0, 0.1) is 6.42 Å². The maximum atomic E-state index is 10.9. The van der Waals surface area contributed by atoms with Crippen molar-refractivity contribution in [2.45, 2.75) is 38.9 Å². The first-order valence-electron chi connectivity index (χ1n) is 4.29. The molecule has 4 heteroatoms. The normalized spacial score (nSPS) is 15.1. The Bertz CT molecular complexity index is 188. The largest absolute Gasteiger partial charge is 0.389 e. The highest BCUT2D eigenvalue weighted by atomic mass is 16.3. The summed E-state index contributed by atoms with van der Waals surface area (Å²) in [5.41, 5.74) is 0. The molecule has 0 bridgehead atoms. The zero-order chi connectivity index (χ0) is 10.4. The molecule has 1 radical (unpaired) electrons. The maximum Gasteiger partial charge on any atom is 0.163 e. The van der Waals surface area contributed by atoms with Gasteiger partial charge in [-0.15, -0.1) is 0 Å².